The third-order valence-electron chi connectivity index (χ3n) is 8.42. The maximum atomic E-state index is 13.4. The zero-order valence-electron chi connectivity index (χ0n) is 22.8. The minimum absolute atomic E-state index is 0. The maximum absolute atomic E-state index is 13.4. The SMILES string of the molecule is CCCN1C(=O)[C@H](CC(C)C)NC(=O)C12CCN(Cc1c(C)nn(C3CCCCC3)c1C)CC2.Cl.Cl. The molecule has 206 valence electrons. The molecule has 0 unspecified atom stereocenters. The van der Waals surface area contributed by atoms with Crippen LogP contribution in [0.1, 0.15) is 102 Å². The normalized spacial score (nSPS) is 22.9. The molecule has 36 heavy (non-hydrogen) atoms. The van der Waals surface area contributed by atoms with E-state index in [1.807, 2.05) is 4.90 Å². The summed E-state index contributed by atoms with van der Waals surface area (Å²) in [7, 11) is 0. The Morgan fingerprint density at radius 3 is 2.28 bits per heavy atom. The number of hydrogen-bond acceptors (Lipinski definition) is 4. The molecule has 3 heterocycles. The van der Waals surface area contributed by atoms with Crippen LogP contribution >= 0.6 is 24.8 Å². The van der Waals surface area contributed by atoms with Crippen molar-refractivity contribution in [1.82, 2.24) is 24.9 Å². The zero-order valence-corrected chi connectivity index (χ0v) is 24.5. The van der Waals surface area contributed by atoms with Gasteiger partial charge in [0.15, 0.2) is 0 Å². The highest BCUT2D eigenvalue weighted by atomic mass is 35.5. The zero-order chi connectivity index (χ0) is 24.5. The second-order valence-corrected chi connectivity index (χ2v) is 11.3. The van der Waals surface area contributed by atoms with Gasteiger partial charge in [-0.3, -0.25) is 19.2 Å². The lowest BCUT2D eigenvalue weighted by molar-refractivity contribution is -0.161. The van der Waals surface area contributed by atoms with Crippen LogP contribution in [0.5, 0.6) is 0 Å². The van der Waals surface area contributed by atoms with E-state index in [9.17, 15) is 9.59 Å². The smallest absolute Gasteiger partial charge is 0.246 e. The summed E-state index contributed by atoms with van der Waals surface area (Å²) in [5.74, 6) is 0.544. The fourth-order valence-electron chi connectivity index (χ4n) is 6.46. The van der Waals surface area contributed by atoms with Crippen molar-refractivity contribution in [2.75, 3.05) is 19.6 Å². The van der Waals surface area contributed by atoms with Gasteiger partial charge in [0.05, 0.1) is 11.7 Å². The number of hydrogen-bond donors (Lipinski definition) is 1. The monoisotopic (exact) mass is 543 g/mol. The summed E-state index contributed by atoms with van der Waals surface area (Å²) >= 11 is 0. The van der Waals surface area contributed by atoms with Gasteiger partial charge in [-0.25, -0.2) is 0 Å². The third kappa shape index (κ3) is 6.05. The first-order valence-corrected chi connectivity index (χ1v) is 13.7. The van der Waals surface area contributed by atoms with Crippen LogP contribution in [-0.4, -0.2) is 62.6 Å². The number of halogens is 2. The molecule has 1 aromatic heterocycles. The number of carbonyl (C=O) groups is 2. The predicted octanol–water partition coefficient (Wildman–Crippen LogP) is 4.97. The van der Waals surface area contributed by atoms with Gasteiger partial charge in [0.2, 0.25) is 11.8 Å². The number of likely N-dealkylation sites (tertiary alicyclic amines) is 1. The minimum Gasteiger partial charge on any atom is -0.342 e. The molecule has 2 amide bonds. The molecule has 1 aliphatic carbocycles. The van der Waals surface area contributed by atoms with Crippen LogP contribution in [0.4, 0.5) is 0 Å². The first-order valence-electron chi connectivity index (χ1n) is 13.7. The third-order valence-corrected chi connectivity index (χ3v) is 8.42. The van der Waals surface area contributed by atoms with Gasteiger partial charge in [-0.15, -0.1) is 24.8 Å². The van der Waals surface area contributed by atoms with Gasteiger partial charge in [0, 0.05) is 37.4 Å². The summed E-state index contributed by atoms with van der Waals surface area (Å²) in [5.41, 5.74) is 3.10. The molecule has 3 aliphatic rings. The molecular weight excluding hydrogens is 497 g/mol. The largest absolute Gasteiger partial charge is 0.342 e. The van der Waals surface area contributed by atoms with Crippen molar-refractivity contribution in [2.24, 2.45) is 5.92 Å². The average molecular weight is 545 g/mol. The molecule has 4 rings (SSSR count). The molecule has 1 spiro atoms. The number of nitrogens with zero attached hydrogens (tertiary/aromatic N) is 4. The molecule has 1 aromatic rings. The van der Waals surface area contributed by atoms with Crippen molar-refractivity contribution < 1.29 is 9.59 Å². The highest BCUT2D eigenvalue weighted by molar-refractivity contribution is 6.00. The predicted molar refractivity (Wildman–Crippen MR) is 149 cm³/mol. The van der Waals surface area contributed by atoms with E-state index >= 15 is 0 Å². The average Bonchev–Trinajstić information content (AvgIpc) is 3.10. The topological polar surface area (TPSA) is 70.5 Å². The fraction of sp³-hybridized carbons (Fsp3) is 0.815. The number of piperidine rings is 1. The second kappa shape index (κ2) is 13.0. The summed E-state index contributed by atoms with van der Waals surface area (Å²) < 4.78 is 2.29. The van der Waals surface area contributed by atoms with Crippen molar-refractivity contribution in [2.45, 2.75) is 117 Å². The van der Waals surface area contributed by atoms with Gasteiger partial charge >= 0.3 is 0 Å². The summed E-state index contributed by atoms with van der Waals surface area (Å²) in [5, 5.41) is 8.05. The fourth-order valence-corrected chi connectivity index (χ4v) is 6.46. The number of aromatic nitrogens is 2. The Morgan fingerprint density at radius 1 is 1.06 bits per heavy atom. The van der Waals surface area contributed by atoms with Crippen LogP contribution < -0.4 is 5.32 Å². The van der Waals surface area contributed by atoms with Crippen molar-refractivity contribution in [3.63, 3.8) is 0 Å². The quantitative estimate of drug-likeness (QED) is 0.527. The lowest BCUT2D eigenvalue weighted by atomic mass is 9.80. The number of amides is 2. The molecule has 3 fully saturated rings. The molecular formula is C27H47Cl2N5O2. The summed E-state index contributed by atoms with van der Waals surface area (Å²) in [6.07, 6.45) is 9.42. The van der Waals surface area contributed by atoms with E-state index in [-0.39, 0.29) is 42.7 Å². The Balaban J connectivity index is 0.00000228. The molecule has 1 N–H and O–H groups in total. The second-order valence-electron chi connectivity index (χ2n) is 11.3. The van der Waals surface area contributed by atoms with Crippen LogP contribution in [0.15, 0.2) is 0 Å². The van der Waals surface area contributed by atoms with E-state index in [0.717, 1.165) is 31.7 Å². The van der Waals surface area contributed by atoms with E-state index < -0.39 is 5.54 Å². The molecule has 9 heteroatoms. The number of rotatable bonds is 7. The van der Waals surface area contributed by atoms with E-state index in [1.54, 1.807) is 0 Å². The van der Waals surface area contributed by atoms with Gasteiger partial charge in [0.25, 0.3) is 0 Å². The van der Waals surface area contributed by atoms with Crippen LogP contribution in [0, 0.1) is 19.8 Å². The van der Waals surface area contributed by atoms with Gasteiger partial charge in [-0.1, -0.05) is 40.0 Å². The van der Waals surface area contributed by atoms with E-state index in [4.69, 9.17) is 5.10 Å². The van der Waals surface area contributed by atoms with Crippen molar-refractivity contribution in [3.05, 3.63) is 17.0 Å². The molecule has 2 aliphatic heterocycles. The van der Waals surface area contributed by atoms with Crippen LogP contribution in [0.3, 0.4) is 0 Å². The molecule has 7 nitrogen and oxygen atoms in total. The molecule has 0 aromatic carbocycles. The van der Waals surface area contributed by atoms with E-state index in [1.165, 1.54) is 43.4 Å². The summed E-state index contributed by atoms with van der Waals surface area (Å²) in [4.78, 5) is 31.2. The molecule has 1 atom stereocenters. The lowest BCUT2D eigenvalue weighted by Gasteiger charge is -2.52. The number of carbonyl (C=O) groups excluding carboxylic acids is 2. The highest BCUT2D eigenvalue weighted by Gasteiger charge is 2.53. The van der Waals surface area contributed by atoms with E-state index in [2.05, 4.69) is 49.5 Å². The highest BCUT2D eigenvalue weighted by Crippen LogP contribution is 2.35. The first-order chi connectivity index (χ1) is 16.3. The Bertz CT molecular complexity index is 889. The van der Waals surface area contributed by atoms with Gasteiger partial charge < -0.3 is 10.2 Å². The van der Waals surface area contributed by atoms with Crippen molar-refractivity contribution >= 4 is 36.6 Å². The molecule has 2 saturated heterocycles. The number of nitrogens with one attached hydrogen (secondary N) is 1. The standard InChI is InChI=1S/C27H45N5O2.2ClH/c1-6-14-31-25(33)24(17-19(2)3)28-26(34)27(31)12-15-30(16-13-27)18-23-20(4)29-32(21(23)5)22-10-8-7-9-11-22;;/h19,22,24H,6-18H2,1-5H3,(H,28,34);2*1H/t24-;;/m0../s1. The Hall–Kier alpha value is -1.31. The number of piperazine rings is 1. The minimum atomic E-state index is -0.687. The van der Waals surface area contributed by atoms with Crippen LogP contribution in [-0.2, 0) is 16.1 Å². The van der Waals surface area contributed by atoms with Crippen molar-refractivity contribution in [3.8, 4) is 0 Å². The Labute approximate surface area is 229 Å². The molecule has 0 radical (unpaired) electrons. The first kappa shape index (κ1) is 30.9. The van der Waals surface area contributed by atoms with Crippen LogP contribution in [0.2, 0.25) is 0 Å². The van der Waals surface area contributed by atoms with Gasteiger partial charge in [-0.2, -0.15) is 5.10 Å². The molecule has 0 bridgehead atoms. The summed E-state index contributed by atoms with van der Waals surface area (Å²) in [6.45, 7) is 13.8. The Kier molecular flexibility index (Phi) is 11.1. The lowest BCUT2D eigenvalue weighted by Crippen LogP contribution is -2.73. The maximum Gasteiger partial charge on any atom is 0.246 e. The van der Waals surface area contributed by atoms with Gasteiger partial charge in [-0.05, 0) is 58.3 Å². The molecule has 1 saturated carbocycles. The van der Waals surface area contributed by atoms with Crippen molar-refractivity contribution in [1.29, 1.82) is 0 Å². The van der Waals surface area contributed by atoms with Crippen LogP contribution in [0.25, 0.3) is 0 Å². The van der Waals surface area contributed by atoms with Gasteiger partial charge in [0.1, 0.15) is 11.6 Å². The Morgan fingerprint density at radius 2 is 1.69 bits per heavy atom. The van der Waals surface area contributed by atoms with E-state index in [0.29, 0.717) is 37.8 Å². The number of aryl methyl sites for hydroxylation is 1. The summed E-state index contributed by atoms with van der Waals surface area (Å²) in [6, 6.07) is 0.169.